The summed E-state index contributed by atoms with van der Waals surface area (Å²) >= 11 is 0. The molecule has 0 bridgehead atoms. The fraction of sp³-hybridized carbons (Fsp3) is 0.833. The number of nitrogens with zero attached hydrogens (tertiary/aromatic N) is 2. The Bertz CT molecular complexity index is 281. The molecule has 18 heavy (non-hydrogen) atoms. The molecule has 0 aromatic carbocycles. The van der Waals surface area contributed by atoms with Crippen LogP contribution in [0, 0.1) is 0 Å². The van der Waals surface area contributed by atoms with Gasteiger partial charge < -0.3 is 20.0 Å². The normalized spacial score (nSPS) is 12.3. The van der Waals surface area contributed by atoms with Gasteiger partial charge in [0.05, 0.1) is 0 Å². The van der Waals surface area contributed by atoms with E-state index in [1.807, 2.05) is 13.8 Å². The molecule has 0 spiro atoms. The molecule has 0 fully saturated rings. The summed E-state index contributed by atoms with van der Waals surface area (Å²) < 4.78 is 0. The van der Waals surface area contributed by atoms with Gasteiger partial charge in [-0.2, -0.15) is 0 Å². The van der Waals surface area contributed by atoms with Gasteiger partial charge >= 0.3 is 12.0 Å². The Morgan fingerprint density at radius 3 is 2.17 bits per heavy atom. The predicted octanol–water partition coefficient (Wildman–Crippen LogP) is 0.994. The summed E-state index contributed by atoms with van der Waals surface area (Å²) in [6, 6.07) is -1.15. The smallest absolute Gasteiger partial charge is 0.326 e. The number of likely N-dealkylation sites (N-methyl/N-ethyl adjacent to an activating group) is 1. The molecule has 0 radical (unpaired) electrons. The van der Waals surface area contributed by atoms with Gasteiger partial charge in [-0.25, -0.2) is 9.59 Å². The molecule has 6 heteroatoms. The SMILES string of the molecule is CCC(C(=O)O)N(C)C(=O)N(CCCO)C(C)C. The van der Waals surface area contributed by atoms with Crippen molar-refractivity contribution in [1.29, 1.82) is 0 Å². The Hall–Kier alpha value is -1.30. The molecule has 2 amide bonds. The van der Waals surface area contributed by atoms with Gasteiger partial charge in [0.2, 0.25) is 0 Å². The standard InChI is InChI=1S/C12H24N2O4/c1-5-10(11(16)17)13(4)12(18)14(9(2)3)7-6-8-15/h9-10,15H,5-8H2,1-4H3,(H,16,17). The van der Waals surface area contributed by atoms with E-state index in [0.29, 0.717) is 19.4 Å². The van der Waals surface area contributed by atoms with E-state index in [0.717, 1.165) is 0 Å². The summed E-state index contributed by atoms with van der Waals surface area (Å²) in [4.78, 5) is 26.1. The molecule has 0 saturated heterocycles. The zero-order chi connectivity index (χ0) is 14.3. The fourth-order valence-corrected chi connectivity index (χ4v) is 1.77. The summed E-state index contributed by atoms with van der Waals surface area (Å²) in [5.74, 6) is -1.00. The van der Waals surface area contributed by atoms with Crippen molar-refractivity contribution < 1.29 is 19.8 Å². The van der Waals surface area contributed by atoms with Crippen LogP contribution in [0.5, 0.6) is 0 Å². The van der Waals surface area contributed by atoms with Crippen LogP contribution in [0.25, 0.3) is 0 Å². The number of aliphatic hydroxyl groups excluding tert-OH is 1. The van der Waals surface area contributed by atoms with Crippen molar-refractivity contribution in [3.63, 3.8) is 0 Å². The van der Waals surface area contributed by atoms with Gasteiger partial charge in [-0.05, 0) is 26.7 Å². The van der Waals surface area contributed by atoms with Gasteiger partial charge in [-0.15, -0.1) is 0 Å². The highest BCUT2D eigenvalue weighted by molar-refractivity contribution is 5.82. The van der Waals surface area contributed by atoms with Crippen LogP contribution in [0.15, 0.2) is 0 Å². The van der Waals surface area contributed by atoms with E-state index in [1.165, 1.54) is 11.9 Å². The molecule has 0 saturated carbocycles. The molecule has 2 N–H and O–H groups in total. The van der Waals surface area contributed by atoms with E-state index < -0.39 is 12.0 Å². The van der Waals surface area contributed by atoms with Gasteiger partial charge in [-0.3, -0.25) is 0 Å². The molecular weight excluding hydrogens is 236 g/mol. The quantitative estimate of drug-likeness (QED) is 0.715. The number of urea groups is 1. The Labute approximate surface area is 108 Å². The number of aliphatic hydroxyl groups is 1. The molecule has 0 aliphatic carbocycles. The first-order valence-corrected chi connectivity index (χ1v) is 6.23. The summed E-state index contributed by atoms with van der Waals surface area (Å²) in [5.41, 5.74) is 0. The van der Waals surface area contributed by atoms with Crippen molar-refractivity contribution in [2.24, 2.45) is 0 Å². The van der Waals surface area contributed by atoms with Crippen LogP contribution in [0.3, 0.4) is 0 Å². The maximum Gasteiger partial charge on any atom is 0.326 e. The Morgan fingerprint density at radius 2 is 1.83 bits per heavy atom. The van der Waals surface area contributed by atoms with Crippen LogP contribution in [-0.2, 0) is 4.79 Å². The van der Waals surface area contributed by atoms with Crippen LogP contribution >= 0.6 is 0 Å². The van der Waals surface area contributed by atoms with E-state index in [1.54, 1.807) is 11.8 Å². The minimum Gasteiger partial charge on any atom is -0.480 e. The van der Waals surface area contributed by atoms with E-state index in [4.69, 9.17) is 10.2 Å². The molecule has 1 atom stereocenters. The number of carbonyl (C=O) groups excluding carboxylic acids is 1. The lowest BCUT2D eigenvalue weighted by molar-refractivity contribution is -0.142. The number of aliphatic carboxylic acids is 1. The molecule has 0 aromatic heterocycles. The number of carboxylic acids is 1. The summed E-state index contributed by atoms with van der Waals surface area (Å²) in [6.45, 7) is 5.90. The highest BCUT2D eigenvalue weighted by atomic mass is 16.4. The highest BCUT2D eigenvalue weighted by Crippen LogP contribution is 2.10. The van der Waals surface area contributed by atoms with Crippen LogP contribution in [0.1, 0.15) is 33.6 Å². The third-order valence-corrected chi connectivity index (χ3v) is 2.87. The molecule has 0 rings (SSSR count). The van der Waals surface area contributed by atoms with Crippen molar-refractivity contribution in [2.45, 2.75) is 45.7 Å². The third kappa shape index (κ3) is 4.52. The van der Waals surface area contributed by atoms with Crippen LogP contribution in [0.4, 0.5) is 4.79 Å². The molecule has 0 heterocycles. The second kappa shape index (κ2) is 7.92. The largest absolute Gasteiger partial charge is 0.480 e. The lowest BCUT2D eigenvalue weighted by atomic mass is 10.2. The second-order valence-corrected chi connectivity index (χ2v) is 4.52. The van der Waals surface area contributed by atoms with E-state index in [9.17, 15) is 9.59 Å². The number of hydrogen-bond donors (Lipinski definition) is 2. The number of carboxylic acid groups (broad SMARTS) is 1. The zero-order valence-electron chi connectivity index (χ0n) is 11.6. The molecule has 0 aliphatic rings. The lowest BCUT2D eigenvalue weighted by Gasteiger charge is -2.33. The van der Waals surface area contributed by atoms with Gasteiger partial charge in [-0.1, -0.05) is 6.92 Å². The predicted molar refractivity (Wildman–Crippen MR) is 68.4 cm³/mol. The average Bonchev–Trinajstić information content (AvgIpc) is 2.29. The zero-order valence-corrected chi connectivity index (χ0v) is 11.6. The Morgan fingerprint density at radius 1 is 1.28 bits per heavy atom. The lowest BCUT2D eigenvalue weighted by Crippen LogP contribution is -2.51. The average molecular weight is 260 g/mol. The summed E-state index contributed by atoms with van der Waals surface area (Å²) in [5, 5.41) is 17.9. The maximum absolute atomic E-state index is 12.2. The minimum atomic E-state index is -1.00. The van der Waals surface area contributed by atoms with Gasteiger partial charge in [0.1, 0.15) is 6.04 Å². The van der Waals surface area contributed by atoms with E-state index in [2.05, 4.69) is 0 Å². The van der Waals surface area contributed by atoms with Crippen molar-refractivity contribution >= 4 is 12.0 Å². The van der Waals surface area contributed by atoms with Crippen LogP contribution in [0.2, 0.25) is 0 Å². The molecule has 0 aliphatic heterocycles. The Balaban J connectivity index is 4.79. The maximum atomic E-state index is 12.2. The number of carbonyl (C=O) groups is 2. The Kier molecular flexibility index (Phi) is 7.35. The van der Waals surface area contributed by atoms with Crippen LogP contribution < -0.4 is 0 Å². The summed E-state index contributed by atoms with van der Waals surface area (Å²) in [7, 11) is 1.50. The number of hydrogen-bond acceptors (Lipinski definition) is 3. The molecule has 1 unspecified atom stereocenters. The molecular formula is C12H24N2O4. The van der Waals surface area contributed by atoms with E-state index in [-0.39, 0.29) is 18.7 Å². The first-order chi connectivity index (χ1) is 8.36. The van der Waals surface area contributed by atoms with E-state index >= 15 is 0 Å². The van der Waals surface area contributed by atoms with Crippen molar-refractivity contribution in [2.75, 3.05) is 20.2 Å². The molecule has 106 valence electrons. The van der Waals surface area contributed by atoms with Crippen molar-refractivity contribution in [3.05, 3.63) is 0 Å². The van der Waals surface area contributed by atoms with Crippen molar-refractivity contribution in [1.82, 2.24) is 9.80 Å². The monoisotopic (exact) mass is 260 g/mol. The van der Waals surface area contributed by atoms with Gasteiger partial charge in [0, 0.05) is 26.2 Å². The highest BCUT2D eigenvalue weighted by Gasteiger charge is 2.28. The second-order valence-electron chi connectivity index (χ2n) is 4.52. The minimum absolute atomic E-state index is 0.0103. The van der Waals surface area contributed by atoms with Crippen molar-refractivity contribution in [3.8, 4) is 0 Å². The topological polar surface area (TPSA) is 81.1 Å². The fourth-order valence-electron chi connectivity index (χ4n) is 1.77. The first-order valence-electron chi connectivity index (χ1n) is 6.23. The number of amides is 2. The van der Waals surface area contributed by atoms with Gasteiger partial charge in [0.15, 0.2) is 0 Å². The summed E-state index contributed by atoms with van der Waals surface area (Å²) in [6.07, 6.45) is 0.852. The van der Waals surface area contributed by atoms with Crippen LogP contribution in [-0.4, -0.2) is 64.3 Å². The molecule has 0 aromatic rings. The molecule has 6 nitrogen and oxygen atoms in total. The third-order valence-electron chi connectivity index (χ3n) is 2.87. The van der Waals surface area contributed by atoms with Gasteiger partial charge in [0.25, 0.3) is 0 Å². The number of rotatable bonds is 7. The first kappa shape index (κ1) is 16.7.